The van der Waals surface area contributed by atoms with Crippen LogP contribution in [0.3, 0.4) is 0 Å². The molecule has 7 heteroatoms. The number of esters is 1. The first-order chi connectivity index (χ1) is 12.5. The maximum Gasteiger partial charge on any atom is 0.339 e. The van der Waals surface area contributed by atoms with Gasteiger partial charge in [-0.1, -0.05) is 29.8 Å². The average molecular weight is 418 g/mol. The molecule has 3 rings (SSSR count). The Balaban J connectivity index is 1.91. The number of aromatic nitrogens is 3. The summed E-state index contributed by atoms with van der Waals surface area (Å²) < 4.78 is 13.4. The monoisotopic (exact) mass is 417 g/mol. The van der Waals surface area contributed by atoms with Crippen LogP contribution in [0.4, 0.5) is 0 Å². The number of benzene rings is 1. The average Bonchev–Trinajstić information content (AvgIpc) is 3.02. The lowest BCUT2D eigenvalue weighted by Gasteiger charge is -2.14. The first kappa shape index (κ1) is 18.4. The Bertz CT molecular complexity index is 937. The zero-order chi connectivity index (χ0) is 18.7. The molecule has 0 saturated carbocycles. The van der Waals surface area contributed by atoms with E-state index in [1.807, 2.05) is 18.2 Å². The number of ether oxygens (including phenoxy) is 2. The summed E-state index contributed by atoms with van der Waals surface area (Å²) in [6.45, 7) is 5.39. The number of methoxy groups -OCH3 is 1. The molecule has 136 valence electrons. The smallest absolute Gasteiger partial charge is 0.339 e. The standard InChI is InChI=1S/C19H20BrN3O3/c1-12(2)11-26-17-5-4-16(20)7-15(17)10-23-18-13(9-22-23)6-14(8-21-18)19(24)25-3/h4-9,12H,10-11H2,1-3H3. The van der Waals surface area contributed by atoms with E-state index in [9.17, 15) is 4.79 Å². The minimum absolute atomic E-state index is 0.406. The zero-order valence-corrected chi connectivity index (χ0v) is 16.5. The summed E-state index contributed by atoms with van der Waals surface area (Å²) >= 11 is 3.51. The number of hydrogen-bond acceptors (Lipinski definition) is 5. The van der Waals surface area contributed by atoms with Gasteiger partial charge >= 0.3 is 5.97 Å². The summed E-state index contributed by atoms with van der Waals surface area (Å²) in [7, 11) is 1.35. The highest BCUT2D eigenvalue weighted by atomic mass is 79.9. The summed E-state index contributed by atoms with van der Waals surface area (Å²) in [5.41, 5.74) is 2.11. The highest BCUT2D eigenvalue weighted by molar-refractivity contribution is 9.10. The van der Waals surface area contributed by atoms with E-state index < -0.39 is 5.97 Å². The SMILES string of the molecule is COC(=O)c1cnc2c(cnn2Cc2cc(Br)ccc2OCC(C)C)c1. The van der Waals surface area contributed by atoms with Gasteiger partial charge in [0.2, 0.25) is 0 Å². The fourth-order valence-electron chi connectivity index (χ4n) is 2.55. The molecule has 26 heavy (non-hydrogen) atoms. The van der Waals surface area contributed by atoms with Crippen LogP contribution in [0.25, 0.3) is 11.0 Å². The molecule has 0 fully saturated rings. The minimum atomic E-state index is -0.413. The van der Waals surface area contributed by atoms with Crippen molar-refractivity contribution in [3.8, 4) is 5.75 Å². The third-order valence-corrected chi connectivity index (χ3v) is 4.30. The highest BCUT2D eigenvalue weighted by Crippen LogP contribution is 2.26. The second-order valence-corrected chi connectivity index (χ2v) is 7.30. The third kappa shape index (κ3) is 4.04. The van der Waals surface area contributed by atoms with Crippen molar-refractivity contribution in [3.63, 3.8) is 0 Å². The number of halogens is 1. The number of nitrogens with zero attached hydrogens (tertiary/aromatic N) is 3. The molecular formula is C19H20BrN3O3. The molecular weight excluding hydrogens is 398 g/mol. The van der Waals surface area contributed by atoms with Gasteiger partial charge in [-0.05, 0) is 30.2 Å². The van der Waals surface area contributed by atoms with Crippen LogP contribution in [0.15, 0.2) is 41.1 Å². The number of fused-ring (bicyclic) bond motifs is 1. The van der Waals surface area contributed by atoms with E-state index in [2.05, 4.69) is 39.9 Å². The number of carbonyl (C=O) groups excluding carboxylic acids is 1. The van der Waals surface area contributed by atoms with Gasteiger partial charge in [0.05, 0.1) is 32.0 Å². The second kappa shape index (κ2) is 7.86. The molecule has 0 atom stereocenters. The summed E-state index contributed by atoms with van der Waals surface area (Å²) in [4.78, 5) is 16.0. The van der Waals surface area contributed by atoms with Crippen LogP contribution in [0, 0.1) is 5.92 Å². The Morgan fingerprint density at radius 2 is 2.08 bits per heavy atom. The third-order valence-electron chi connectivity index (χ3n) is 3.81. The van der Waals surface area contributed by atoms with Crippen molar-refractivity contribution < 1.29 is 14.3 Å². The van der Waals surface area contributed by atoms with Crippen molar-refractivity contribution in [1.29, 1.82) is 0 Å². The Labute approximate surface area is 160 Å². The van der Waals surface area contributed by atoms with Gasteiger partial charge in [-0.15, -0.1) is 0 Å². The lowest BCUT2D eigenvalue weighted by molar-refractivity contribution is 0.0600. The normalized spacial score (nSPS) is 11.1. The summed E-state index contributed by atoms with van der Waals surface area (Å²) in [5.74, 6) is 0.857. The van der Waals surface area contributed by atoms with Crippen molar-refractivity contribution >= 4 is 32.9 Å². The van der Waals surface area contributed by atoms with Crippen molar-refractivity contribution in [2.75, 3.05) is 13.7 Å². The molecule has 2 aromatic heterocycles. The largest absolute Gasteiger partial charge is 0.493 e. The predicted molar refractivity (Wildman–Crippen MR) is 102 cm³/mol. The molecule has 3 aromatic rings. The number of rotatable bonds is 6. The first-order valence-electron chi connectivity index (χ1n) is 8.29. The molecule has 0 spiro atoms. The molecule has 0 unspecified atom stereocenters. The van der Waals surface area contributed by atoms with Crippen LogP contribution in [0.2, 0.25) is 0 Å². The van der Waals surface area contributed by atoms with Crippen molar-refractivity contribution in [3.05, 3.63) is 52.3 Å². The molecule has 0 N–H and O–H groups in total. The van der Waals surface area contributed by atoms with E-state index in [0.29, 0.717) is 30.3 Å². The zero-order valence-electron chi connectivity index (χ0n) is 14.9. The molecule has 0 aliphatic rings. The Morgan fingerprint density at radius 1 is 1.27 bits per heavy atom. The van der Waals surface area contributed by atoms with E-state index in [-0.39, 0.29) is 0 Å². The van der Waals surface area contributed by atoms with Gasteiger partial charge in [-0.25, -0.2) is 14.5 Å². The van der Waals surface area contributed by atoms with Crippen molar-refractivity contribution in [2.45, 2.75) is 20.4 Å². The molecule has 2 heterocycles. The quantitative estimate of drug-likeness (QED) is 0.565. The topological polar surface area (TPSA) is 66.2 Å². The Hall–Kier alpha value is -2.41. The molecule has 0 saturated heterocycles. The van der Waals surface area contributed by atoms with Gasteiger partial charge in [0.25, 0.3) is 0 Å². The van der Waals surface area contributed by atoms with Crippen LogP contribution in [0.1, 0.15) is 29.8 Å². The maximum atomic E-state index is 11.7. The van der Waals surface area contributed by atoms with Crippen LogP contribution in [0.5, 0.6) is 5.75 Å². The fourth-order valence-corrected chi connectivity index (χ4v) is 2.96. The van der Waals surface area contributed by atoms with E-state index in [1.54, 1.807) is 16.9 Å². The molecule has 6 nitrogen and oxygen atoms in total. The van der Waals surface area contributed by atoms with E-state index >= 15 is 0 Å². The molecule has 0 radical (unpaired) electrons. The lowest BCUT2D eigenvalue weighted by atomic mass is 10.2. The lowest BCUT2D eigenvalue weighted by Crippen LogP contribution is -2.09. The maximum absolute atomic E-state index is 11.7. The van der Waals surface area contributed by atoms with Gasteiger partial charge in [0.1, 0.15) is 5.75 Å². The molecule has 1 aromatic carbocycles. The molecule has 0 bridgehead atoms. The van der Waals surface area contributed by atoms with Crippen molar-refractivity contribution in [2.24, 2.45) is 5.92 Å². The van der Waals surface area contributed by atoms with Crippen LogP contribution < -0.4 is 4.74 Å². The predicted octanol–water partition coefficient (Wildman–Crippen LogP) is 4.06. The summed E-state index contributed by atoms with van der Waals surface area (Å²) in [6, 6.07) is 7.66. The van der Waals surface area contributed by atoms with Gasteiger partial charge in [0, 0.05) is 21.6 Å². The van der Waals surface area contributed by atoms with Gasteiger partial charge in [-0.2, -0.15) is 5.10 Å². The van der Waals surface area contributed by atoms with Crippen molar-refractivity contribution in [1.82, 2.24) is 14.8 Å². The van der Waals surface area contributed by atoms with Crippen LogP contribution in [-0.2, 0) is 11.3 Å². The number of hydrogen-bond donors (Lipinski definition) is 0. The second-order valence-electron chi connectivity index (χ2n) is 6.39. The van der Waals surface area contributed by atoms with E-state index in [4.69, 9.17) is 9.47 Å². The molecule has 0 aliphatic carbocycles. The van der Waals surface area contributed by atoms with Gasteiger partial charge in [-0.3, -0.25) is 0 Å². The first-order valence-corrected chi connectivity index (χ1v) is 9.08. The summed E-state index contributed by atoms with van der Waals surface area (Å²) in [6.07, 6.45) is 3.20. The highest BCUT2D eigenvalue weighted by Gasteiger charge is 2.13. The fraction of sp³-hybridized carbons (Fsp3) is 0.316. The Morgan fingerprint density at radius 3 is 2.81 bits per heavy atom. The molecule has 0 amide bonds. The van der Waals surface area contributed by atoms with Gasteiger partial charge in [0.15, 0.2) is 5.65 Å². The summed E-state index contributed by atoms with van der Waals surface area (Å²) in [5, 5.41) is 5.20. The van der Waals surface area contributed by atoms with E-state index in [0.717, 1.165) is 21.2 Å². The minimum Gasteiger partial charge on any atom is -0.493 e. The number of pyridine rings is 1. The van der Waals surface area contributed by atoms with E-state index in [1.165, 1.54) is 13.3 Å². The molecule has 0 aliphatic heterocycles. The van der Waals surface area contributed by atoms with Crippen LogP contribution in [-0.4, -0.2) is 34.5 Å². The van der Waals surface area contributed by atoms with Gasteiger partial charge < -0.3 is 9.47 Å². The van der Waals surface area contributed by atoms with Crippen LogP contribution >= 0.6 is 15.9 Å². The Kier molecular flexibility index (Phi) is 5.56. The number of carbonyl (C=O) groups is 1.